The van der Waals surface area contributed by atoms with E-state index in [9.17, 15) is 8.78 Å². The Morgan fingerprint density at radius 3 is 2.30 bits per heavy atom. The molecule has 0 aromatic rings. The van der Waals surface area contributed by atoms with Crippen LogP contribution in [0.15, 0.2) is 36.1 Å². The fraction of sp³-hybridized carbons (Fsp3) is 0.143. The van der Waals surface area contributed by atoms with Gasteiger partial charge >= 0.3 is 0 Å². The van der Waals surface area contributed by atoms with Gasteiger partial charge in [0.2, 0.25) is 0 Å². The van der Waals surface area contributed by atoms with Gasteiger partial charge in [0.1, 0.15) is 11.7 Å². The molecule has 0 aromatic carbocycles. The normalized spacial score (nSPS) is 13.5. The van der Waals surface area contributed by atoms with Gasteiger partial charge in [-0.25, -0.2) is 8.78 Å². The van der Waals surface area contributed by atoms with Crippen molar-refractivity contribution in [3.63, 3.8) is 0 Å². The first-order valence-corrected chi connectivity index (χ1v) is 2.71. The van der Waals surface area contributed by atoms with Gasteiger partial charge in [0.05, 0.1) is 5.70 Å². The van der Waals surface area contributed by atoms with Gasteiger partial charge < -0.3 is 5.73 Å². The van der Waals surface area contributed by atoms with Crippen LogP contribution in [0.3, 0.4) is 0 Å². The van der Waals surface area contributed by atoms with Gasteiger partial charge in [-0.15, -0.1) is 0 Å². The number of allylic oxidation sites excluding steroid dienone is 4. The Labute approximate surface area is 58.5 Å². The molecule has 0 aromatic heterocycles. The molecule has 0 heterocycles. The van der Waals surface area contributed by atoms with Crippen molar-refractivity contribution in [1.29, 1.82) is 0 Å². The zero-order valence-electron chi connectivity index (χ0n) is 5.70. The summed E-state index contributed by atoms with van der Waals surface area (Å²) in [5, 5.41) is 0. The van der Waals surface area contributed by atoms with Crippen LogP contribution in [0, 0.1) is 0 Å². The first-order chi connectivity index (χ1) is 4.57. The molecule has 0 amide bonds. The second kappa shape index (κ2) is 3.82. The summed E-state index contributed by atoms with van der Waals surface area (Å²) in [7, 11) is 0. The first-order valence-electron chi connectivity index (χ1n) is 2.71. The van der Waals surface area contributed by atoms with Crippen LogP contribution in [-0.2, 0) is 0 Å². The number of nitrogens with two attached hydrogens (primary N) is 1. The number of halogens is 2. The summed E-state index contributed by atoms with van der Waals surface area (Å²) in [6.07, 6.45) is 1.81. The average molecular weight is 145 g/mol. The standard InChI is InChI=1S/C7H9F2N/c1-3-6(8)4-7(9)5(2)10/h3-4H,2,10H2,1H3/b6-3+,7-4+. The van der Waals surface area contributed by atoms with Crippen molar-refractivity contribution in [2.75, 3.05) is 0 Å². The molecule has 2 N–H and O–H groups in total. The van der Waals surface area contributed by atoms with Crippen LogP contribution < -0.4 is 5.73 Å². The van der Waals surface area contributed by atoms with Crippen LogP contribution in [0.4, 0.5) is 8.78 Å². The largest absolute Gasteiger partial charge is 0.397 e. The molecule has 0 saturated heterocycles. The summed E-state index contributed by atoms with van der Waals surface area (Å²) in [5.41, 5.74) is 4.64. The minimum Gasteiger partial charge on any atom is -0.397 e. The smallest absolute Gasteiger partial charge is 0.148 e. The van der Waals surface area contributed by atoms with Crippen molar-refractivity contribution in [3.05, 3.63) is 36.1 Å². The maximum Gasteiger partial charge on any atom is 0.148 e. The average Bonchev–Trinajstić information content (AvgIpc) is 1.87. The van der Waals surface area contributed by atoms with Crippen LogP contribution in [0.2, 0.25) is 0 Å². The maximum absolute atomic E-state index is 12.3. The summed E-state index contributed by atoms with van der Waals surface area (Å²) in [6.45, 7) is 4.54. The number of hydrogen-bond acceptors (Lipinski definition) is 1. The lowest BCUT2D eigenvalue weighted by atomic mass is 10.3. The highest BCUT2D eigenvalue weighted by molar-refractivity contribution is 5.25. The molecule has 0 unspecified atom stereocenters. The molecule has 0 rings (SSSR count). The summed E-state index contributed by atoms with van der Waals surface area (Å²) >= 11 is 0. The molecule has 0 aliphatic heterocycles. The van der Waals surface area contributed by atoms with Crippen LogP contribution in [0.1, 0.15) is 6.92 Å². The van der Waals surface area contributed by atoms with Crippen LogP contribution >= 0.6 is 0 Å². The third-order valence-electron chi connectivity index (χ3n) is 0.847. The highest BCUT2D eigenvalue weighted by Crippen LogP contribution is 2.08. The highest BCUT2D eigenvalue weighted by atomic mass is 19.1. The van der Waals surface area contributed by atoms with E-state index in [1.54, 1.807) is 0 Å². The molecule has 1 nitrogen and oxygen atoms in total. The lowest BCUT2D eigenvalue weighted by Crippen LogP contribution is -1.94. The van der Waals surface area contributed by atoms with Gasteiger partial charge in [-0.2, -0.15) is 0 Å². The van der Waals surface area contributed by atoms with E-state index in [-0.39, 0.29) is 5.70 Å². The zero-order chi connectivity index (χ0) is 8.15. The Bertz CT molecular complexity index is 192. The van der Waals surface area contributed by atoms with E-state index < -0.39 is 11.7 Å². The Morgan fingerprint density at radius 1 is 1.50 bits per heavy atom. The van der Waals surface area contributed by atoms with Gasteiger partial charge in [-0.05, 0) is 6.92 Å². The molecule has 0 radical (unpaired) electrons. The van der Waals surface area contributed by atoms with Crippen molar-refractivity contribution in [1.82, 2.24) is 0 Å². The molecule has 0 aliphatic rings. The molecule has 0 bridgehead atoms. The molecule has 0 aliphatic carbocycles. The predicted octanol–water partition coefficient (Wildman–Crippen LogP) is 2.19. The van der Waals surface area contributed by atoms with E-state index in [0.717, 1.165) is 6.08 Å². The Kier molecular flexibility index (Phi) is 3.39. The predicted molar refractivity (Wildman–Crippen MR) is 37.4 cm³/mol. The fourth-order valence-electron chi connectivity index (χ4n) is 0.297. The van der Waals surface area contributed by atoms with Crippen LogP contribution in [-0.4, -0.2) is 0 Å². The van der Waals surface area contributed by atoms with Crippen molar-refractivity contribution in [2.24, 2.45) is 5.73 Å². The van der Waals surface area contributed by atoms with Crippen LogP contribution in [0.25, 0.3) is 0 Å². The first kappa shape index (κ1) is 8.88. The van der Waals surface area contributed by atoms with Crippen LogP contribution in [0.5, 0.6) is 0 Å². The van der Waals surface area contributed by atoms with E-state index >= 15 is 0 Å². The van der Waals surface area contributed by atoms with E-state index in [1.165, 1.54) is 6.92 Å². The van der Waals surface area contributed by atoms with E-state index in [1.807, 2.05) is 0 Å². The number of rotatable bonds is 2. The summed E-state index contributed by atoms with van der Waals surface area (Å²) < 4.78 is 24.5. The zero-order valence-corrected chi connectivity index (χ0v) is 5.70. The monoisotopic (exact) mass is 145 g/mol. The lowest BCUT2D eigenvalue weighted by molar-refractivity contribution is 0.620. The van der Waals surface area contributed by atoms with Crippen molar-refractivity contribution in [3.8, 4) is 0 Å². The van der Waals surface area contributed by atoms with Gasteiger partial charge in [0.15, 0.2) is 0 Å². The summed E-state index contributed by atoms with van der Waals surface area (Å²) in [6, 6.07) is 0. The van der Waals surface area contributed by atoms with Gasteiger partial charge in [0.25, 0.3) is 0 Å². The second-order valence-electron chi connectivity index (χ2n) is 1.69. The maximum atomic E-state index is 12.3. The Hall–Kier alpha value is -1.12. The molecule has 0 atom stereocenters. The van der Waals surface area contributed by atoms with Crippen molar-refractivity contribution < 1.29 is 8.78 Å². The molecule has 56 valence electrons. The van der Waals surface area contributed by atoms with E-state index in [4.69, 9.17) is 5.73 Å². The second-order valence-corrected chi connectivity index (χ2v) is 1.69. The fourth-order valence-corrected chi connectivity index (χ4v) is 0.297. The molecule has 10 heavy (non-hydrogen) atoms. The highest BCUT2D eigenvalue weighted by Gasteiger charge is 1.95. The van der Waals surface area contributed by atoms with Gasteiger partial charge in [-0.1, -0.05) is 12.7 Å². The molecular weight excluding hydrogens is 136 g/mol. The van der Waals surface area contributed by atoms with Crippen molar-refractivity contribution in [2.45, 2.75) is 6.92 Å². The summed E-state index contributed by atoms with van der Waals surface area (Å²) in [4.78, 5) is 0. The van der Waals surface area contributed by atoms with Gasteiger partial charge in [-0.3, -0.25) is 0 Å². The van der Waals surface area contributed by atoms with Crippen molar-refractivity contribution >= 4 is 0 Å². The number of hydrogen-bond donors (Lipinski definition) is 1. The quantitative estimate of drug-likeness (QED) is 0.592. The molecule has 0 spiro atoms. The topological polar surface area (TPSA) is 26.0 Å². The molecular formula is C7H9F2N. The molecule has 0 fully saturated rings. The minimum atomic E-state index is -0.837. The summed E-state index contributed by atoms with van der Waals surface area (Å²) in [5.74, 6) is -1.50. The third kappa shape index (κ3) is 3.02. The lowest BCUT2D eigenvalue weighted by Gasteiger charge is -1.91. The van der Waals surface area contributed by atoms with E-state index in [2.05, 4.69) is 6.58 Å². The molecule has 3 heteroatoms. The SMILES string of the molecule is C=C(N)/C(F)=C\C(F)=C/C. The third-order valence-corrected chi connectivity index (χ3v) is 0.847. The van der Waals surface area contributed by atoms with E-state index in [0.29, 0.717) is 6.08 Å². The van der Waals surface area contributed by atoms with Gasteiger partial charge in [0, 0.05) is 6.08 Å². The Balaban J connectivity index is 4.31. The minimum absolute atomic E-state index is 0.267. The Morgan fingerprint density at radius 2 is 2.00 bits per heavy atom. The molecule has 0 saturated carbocycles.